The molecule has 4 rings (SSSR count). The number of anilines is 1. The summed E-state index contributed by atoms with van der Waals surface area (Å²) in [6, 6.07) is 7.99. The van der Waals surface area contributed by atoms with Crippen molar-refractivity contribution in [3.8, 4) is 11.3 Å². The number of amides is 1. The van der Waals surface area contributed by atoms with Crippen molar-refractivity contribution < 1.29 is 28.2 Å². The van der Waals surface area contributed by atoms with Crippen LogP contribution in [0.1, 0.15) is 65.0 Å². The van der Waals surface area contributed by atoms with Crippen LogP contribution in [0, 0.1) is 11.6 Å². The van der Waals surface area contributed by atoms with Gasteiger partial charge in [-0.1, -0.05) is 31.5 Å². The molecule has 0 bridgehead atoms. The number of nitrogens with zero attached hydrogens (tertiary/aromatic N) is 1. The summed E-state index contributed by atoms with van der Waals surface area (Å²) in [7, 11) is 1.76. The normalized spacial score (nSPS) is 13.6. The third-order valence-corrected chi connectivity index (χ3v) is 7.80. The van der Waals surface area contributed by atoms with Crippen LogP contribution in [0.5, 0.6) is 0 Å². The molecule has 1 atom stereocenters. The number of benzene rings is 2. The third-order valence-electron chi connectivity index (χ3n) is 6.77. The molecule has 0 spiro atoms. The van der Waals surface area contributed by atoms with Gasteiger partial charge in [-0.05, 0) is 68.4 Å². The predicted molar refractivity (Wildman–Crippen MR) is 145 cm³/mol. The zero-order valence-corrected chi connectivity index (χ0v) is 22.4. The number of fused-ring (bicyclic) bond motifs is 3. The number of aromatic nitrogens is 1. The molecule has 0 saturated heterocycles. The van der Waals surface area contributed by atoms with Crippen LogP contribution in [0.15, 0.2) is 35.9 Å². The molecule has 0 fully saturated rings. The molecule has 2 aromatic carbocycles. The Morgan fingerprint density at radius 2 is 1.95 bits per heavy atom. The molecular weight excluding hydrogens is 510 g/mol. The smallest absolute Gasteiger partial charge is 0.331 e. The molecule has 3 aromatic rings. The highest BCUT2D eigenvalue weighted by Gasteiger charge is 2.24. The summed E-state index contributed by atoms with van der Waals surface area (Å²) in [6.45, 7) is 3.38. The fourth-order valence-electron chi connectivity index (χ4n) is 4.73. The van der Waals surface area contributed by atoms with Crippen molar-refractivity contribution >= 4 is 34.4 Å². The van der Waals surface area contributed by atoms with Gasteiger partial charge < -0.3 is 9.84 Å². The first-order valence-corrected chi connectivity index (χ1v) is 13.4. The first kappa shape index (κ1) is 27.6. The van der Waals surface area contributed by atoms with Crippen LogP contribution >= 0.6 is 11.3 Å². The van der Waals surface area contributed by atoms with Gasteiger partial charge >= 0.3 is 5.97 Å². The number of aliphatic carboxylic acids is 1. The van der Waals surface area contributed by atoms with Gasteiger partial charge in [-0.15, -0.1) is 11.3 Å². The van der Waals surface area contributed by atoms with Crippen LogP contribution in [-0.4, -0.2) is 35.2 Å². The summed E-state index contributed by atoms with van der Waals surface area (Å²) < 4.78 is 34.7. The summed E-state index contributed by atoms with van der Waals surface area (Å²) in [5.41, 5.74) is 3.46. The molecule has 1 amide bonds. The van der Waals surface area contributed by atoms with Crippen LogP contribution in [0.25, 0.3) is 17.3 Å². The summed E-state index contributed by atoms with van der Waals surface area (Å²) in [5.74, 6) is -4.03. The molecule has 6 nitrogen and oxygen atoms in total. The summed E-state index contributed by atoms with van der Waals surface area (Å²) in [6.07, 6.45) is 6.77. The Hall–Kier alpha value is -3.43. The maximum Gasteiger partial charge on any atom is 0.331 e. The zero-order chi connectivity index (χ0) is 27.4. The van der Waals surface area contributed by atoms with Crippen molar-refractivity contribution in [3.63, 3.8) is 0 Å². The summed E-state index contributed by atoms with van der Waals surface area (Å²) >= 11 is 1.35. The van der Waals surface area contributed by atoms with Gasteiger partial charge in [-0.3, -0.25) is 10.1 Å². The number of carbonyl (C=O) groups excluding carboxylic acids is 1. The number of aryl methyl sites for hydroxylation is 2. The van der Waals surface area contributed by atoms with E-state index in [0.717, 1.165) is 72.9 Å². The molecule has 38 heavy (non-hydrogen) atoms. The van der Waals surface area contributed by atoms with Gasteiger partial charge in [0.25, 0.3) is 5.91 Å². The largest absolute Gasteiger partial charge is 0.478 e. The fraction of sp³-hybridized carbons (Fsp3) is 0.345. The molecule has 2 N–H and O–H groups in total. The maximum atomic E-state index is 14.5. The molecular formula is C29H30F2N2O4S. The third kappa shape index (κ3) is 6.00. The Kier molecular flexibility index (Phi) is 8.69. The van der Waals surface area contributed by atoms with Crippen LogP contribution < -0.4 is 5.32 Å². The van der Waals surface area contributed by atoms with E-state index in [-0.39, 0.29) is 17.2 Å². The van der Waals surface area contributed by atoms with E-state index in [0.29, 0.717) is 5.13 Å². The second-order valence-electron chi connectivity index (χ2n) is 9.36. The highest BCUT2D eigenvalue weighted by atomic mass is 32.1. The number of thiazole rings is 1. The lowest BCUT2D eigenvalue weighted by atomic mass is 9.87. The number of carboxylic acid groups (broad SMARTS) is 1. The minimum Gasteiger partial charge on any atom is -0.478 e. The molecule has 1 aromatic heterocycles. The minimum atomic E-state index is -1.29. The van der Waals surface area contributed by atoms with E-state index in [1.165, 1.54) is 29.4 Å². The maximum absolute atomic E-state index is 14.5. The summed E-state index contributed by atoms with van der Waals surface area (Å²) in [5, 5.41) is 12.0. The van der Waals surface area contributed by atoms with Crippen LogP contribution in [0.4, 0.5) is 13.9 Å². The van der Waals surface area contributed by atoms with Crippen molar-refractivity contribution in [2.75, 3.05) is 12.4 Å². The lowest BCUT2D eigenvalue weighted by Crippen LogP contribution is -2.13. The molecule has 0 saturated carbocycles. The van der Waals surface area contributed by atoms with E-state index < -0.39 is 29.1 Å². The molecule has 1 aliphatic rings. The van der Waals surface area contributed by atoms with E-state index in [2.05, 4.69) is 23.3 Å². The number of carboxylic acids is 1. The second kappa shape index (κ2) is 12.0. The van der Waals surface area contributed by atoms with Gasteiger partial charge in [-0.2, -0.15) is 0 Å². The van der Waals surface area contributed by atoms with Gasteiger partial charge in [0.1, 0.15) is 11.6 Å². The van der Waals surface area contributed by atoms with Crippen molar-refractivity contribution in [1.29, 1.82) is 0 Å². The van der Waals surface area contributed by atoms with E-state index in [1.54, 1.807) is 7.11 Å². The first-order chi connectivity index (χ1) is 18.2. The first-order valence-electron chi connectivity index (χ1n) is 12.6. The Morgan fingerprint density at radius 1 is 1.21 bits per heavy atom. The van der Waals surface area contributed by atoms with Crippen LogP contribution in [0.2, 0.25) is 0 Å². The Labute approximate surface area is 224 Å². The van der Waals surface area contributed by atoms with E-state index in [4.69, 9.17) is 9.84 Å². The molecule has 1 unspecified atom stereocenters. The number of nitrogens with one attached hydrogen (secondary N) is 1. The number of halogens is 2. The molecule has 1 aliphatic carbocycles. The number of methoxy groups -OCH3 is 1. The SMILES string of the molecule is CCCC(CCc1cccc2c1CCc1sc(NC(=O)c3cc(F)c(/C=C(\C)C(=O)O)c(F)c3)nc1-2)OC. The van der Waals surface area contributed by atoms with E-state index in [1.807, 2.05) is 12.1 Å². The number of hydrogen-bond acceptors (Lipinski definition) is 5. The van der Waals surface area contributed by atoms with Crippen LogP contribution in [0.3, 0.4) is 0 Å². The molecule has 0 radical (unpaired) electrons. The van der Waals surface area contributed by atoms with Gasteiger partial charge in [-0.25, -0.2) is 18.6 Å². The predicted octanol–water partition coefficient (Wildman–Crippen LogP) is 6.67. The van der Waals surface area contributed by atoms with Gasteiger partial charge in [0.2, 0.25) is 0 Å². The number of carbonyl (C=O) groups is 2. The molecule has 9 heteroatoms. The van der Waals surface area contributed by atoms with E-state index >= 15 is 0 Å². The van der Waals surface area contributed by atoms with Crippen molar-refractivity contribution in [2.24, 2.45) is 0 Å². The molecule has 200 valence electrons. The average Bonchev–Trinajstić information content (AvgIpc) is 3.31. The lowest BCUT2D eigenvalue weighted by molar-refractivity contribution is -0.132. The Bertz CT molecular complexity index is 1380. The van der Waals surface area contributed by atoms with Crippen molar-refractivity contribution in [2.45, 2.75) is 58.5 Å². The monoisotopic (exact) mass is 540 g/mol. The van der Waals surface area contributed by atoms with Crippen molar-refractivity contribution in [1.82, 2.24) is 4.98 Å². The van der Waals surface area contributed by atoms with Crippen molar-refractivity contribution in [3.05, 3.63) is 74.7 Å². The minimum absolute atomic E-state index is 0.222. The topological polar surface area (TPSA) is 88.5 Å². The number of ether oxygens (including phenoxy) is 1. The average molecular weight is 541 g/mol. The Balaban J connectivity index is 1.53. The van der Waals surface area contributed by atoms with E-state index in [9.17, 15) is 18.4 Å². The lowest BCUT2D eigenvalue weighted by Gasteiger charge is -2.20. The molecule has 1 heterocycles. The highest BCUT2D eigenvalue weighted by Crippen LogP contribution is 2.40. The number of hydrogen-bond donors (Lipinski definition) is 2. The fourth-order valence-corrected chi connectivity index (χ4v) is 5.70. The second-order valence-corrected chi connectivity index (χ2v) is 10.4. The standard InChI is InChI=1S/C29H30F2N2O4S/c1-4-6-19(37-3)10-9-17-7-5-8-21-20(17)11-12-25-26(21)32-29(38-25)33-27(34)18-14-23(30)22(24(31)15-18)13-16(2)28(35)36/h5,7-8,13-15,19H,4,6,9-12H2,1-3H3,(H,35,36)(H,32,33,34)/b16-13+. The van der Waals surface area contributed by atoms with Gasteiger partial charge in [0.05, 0.1) is 11.8 Å². The Morgan fingerprint density at radius 3 is 2.61 bits per heavy atom. The highest BCUT2D eigenvalue weighted by molar-refractivity contribution is 7.16. The molecule has 0 aliphatic heterocycles. The van der Waals surface area contributed by atoms with Gasteiger partial charge in [0, 0.05) is 34.3 Å². The van der Waals surface area contributed by atoms with Gasteiger partial charge in [0.15, 0.2) is 5.13 Å². The summed E-state index contributed by atoms with van der Waals surface area (Å²) in [4.78, 5) is 29.5. The number of rotatable bonds is 10. The van der Waals surface area contributed by atoms with Crippen LogP contribution in [-0.2, 0) is 28.8 Å². The quantitative estimate of drug-likeness (QED) is 0.280. The zero-order valence-electron chi connectivity index (χ0n) is 21.6.